The molecule has 1 aromatic carbocycles. The second-order valence-corrected chi connectivity index (χ2v) is 4.12. The lowest BCUT2D eigenvalue weighted by molar-refractivity contribution is -0.394. The summed E-state index contributed by atoms with van der Waals surface area (Å²) in [5, 5.41) is 24.6. The molecule has 7 heteroatoms. The van der Waals surface area contributed by atoms with Crippen LogP contribution in [0.15, 0.2) is 18.2 Å². The van der Waals surface area contributed by atoms with Gasteiger partial charge in [0.05, 0.1) is 15.9 Å². The van der Waals surface area contributed by atoms with E-state index >= 15 is 0 Å². The molecule has 2 unspecified atom stereocenters. The van der Waals surface area contributed by atoms with E-state index in [1.54, 1.807) is 7.05 Å². The van der Waals surface area contributed by atoms with Gasteiger partial charge >= 0.3 is 0 Å². The Kier molecular flexibility index (Phi) is 4.33. The molecule has 0 spiro atoms. The number of benzene rings is 1. The fourth-order valence-electron chi connectivity index (χ4n) is 1.71. The molecule has 0 bridgehead atoms. The highest BCUT2D eigenvalue weighted by molar-refractivity contribution is 5.50. The van der Waals surface area contributed by atoms with Gasteiger partial charge in [-0.25, -0.2) is 0 Å². The summed E-state index contributed by atoms with van der Waals surface area (Å²) in [6.45, 7) is 3.74. The Hall–Kier alpha value is -2.02. The predicted octanol–water partition coefficient (Wildman–Crippen LogP) is 2.21. The molecular formula is C11H15N3O4. The van der Waals surface area contributed by atoms with Crippen molar-refractivity contribution in [2.45, 2.75) is 25.8 Å². The first-order valence-electron chi connectivity index (χ1n) is 5.48. The highest BCUT2D eigenvalue weighted by atomic mass is 16.6. The van der Waals surface area contributed by atoms with Crippen molar-refractivity contribution in [3.8, 4) is 0 Å². The van der Waals surface area contributed by atoms with E-state index in [1.165, 1.54) is 12.1 Å². The molecular weight excluding hydrogens is 238 g/mol. The van der Waals surface area contributed by atoms with E-state index < -0.39 is 9.85 Å². The Morgan fingerprint density at radius 3 is 2.22 bits per heavy atom. The van der Waals surface area contributed by atoms with Gasteiger partial charge in [0.25, 0.3) is 11.4 Å². The van der Waals surface area contributed by atoms with Crippen LogP contribution in [0.4, 0.5) is 11.4 Å². The van der Waals surface area contributed by atoms with Gasteiger partial charge < -0.3 is 5.32 Å². The van der Waals surface area contributed by atoms with Gasteiger partial charge in [0.2, 0.25) is 0 Å². The van der Waals surface area contributed by atoms with E-state index in [-0.39, 0.29) is 23.3 Å². The summed E-state index contributed by atoms with van der Waals surface area (Å²) in [5.41, 5.74) is 0.0148. The molecule has 7 nitrogen and oxygen atoms in total. The van der Waals surface area contributed by atoms with E-state index in [1.807, 2.05) is 13.8 Å². The molecule has 0 aliphatic carbocycles. The predicted molar refractivity (Wildman–Crippen MR) is 66.7 cm³/mol. The number of nitrogens with one attached hydrogen (secondary N) is 1. The first kappa shape index (κ1) is 14.0. The quantitative estimate of drug-likeness (QED) is 0.640. The minimum absolute atomic E-state index is 0.0326. The maximum absolute atomic E-state index is 11.0. The van der Waals surface area contributed by atoms with Crippen molar-refractivity contribution in [1.82, 2.24) is 5.32 Å². The Balaban J connectivity index is 3.27. The van der Waals surface area contributed by atoms with Crippen LogP contribution in [0, 0.1) is 20.2 Å². The monoisotopic (exact) mass is 253 g/mol. The number of hydrogen-bond donors (Lipinski definition) is 1. The van der Waals surface area contributed by atoms with Crippen LogP contribution < -0.4 is 5.32 Å². The van der Waals surface area contributed by atoms with E-state index in [2.05, 4.69) is 5.32 Å². The zero-order valence-corrected chi connectivity index (χ0v) is 10.4. The highest BCUT2D eigenvalue weighted by Crippen LogP contribution is 2.31. The number of likely N-dealkylation sites (N-methyl/N-ethyl adjacent to an activating group) is 1. The zero-order chi connectivity index (χ0) is 13.9. The van der Waals surface area contributed by atoms with Crippen molar-refractivity contribution in [3.63, 3.8) is 0 Å². The number of hydrogen-bond acceptors (Lipinski definition) is 5. The maximum atomic E-state index is 11.0. The van der Waals surface area contributed by atoms with Crippen molar-refractivity contribution in [2.75, 3.05) is 7.05 Å². The van der Waals surface area contributed by atoms with Crippen LogP contribution in [-0.4, -0.2) is 22.9 Å². The number of nitro groups is 2. The molecule has 0 amide bonds. The van der Waals surface area contributed by atoms with Gasteiger partial charge in [-0.15, -0.1) is 0 Å². The largest absolute Gasteiger partial charge is 0.317 e. The molecule has 0 aliphatic heterocycles. The lowest BCUT2D eigenvalue weighted by Gasteiger charge is -2.19. The second-order valence-electron chi connectivity index (χ2n) is 4.12. The summed E-state index contributed by atoms with van der Waals surface area (Å²) in [6, 6.07) is 3.79. The van der Waals surface area contributed by atoms with Crippen molar-refractivity contribution in [3.05, 3.63) is 44.0 Å². The van der Waals surface area contributed by atoms with E-state index in [0.29, 0.717) is 5.56 Å². The van der Waals surface area contributed by atoms with Crippen LogP contribution in [0.3, 0.4) is 0 Å². The minimum atomic E-state index is -0.636. The lowest BCUT2D eigenvalue weighted by Crippen LogP contribution is -2.27. The summed E-state index contributed by atoms with van der Waals surface area (Å²) in [5.74, 6) is -0.115. The van der Waals surface area contributed by atoms with Gasteiger partial charge in [0.15, 0.2) is 0 Å². The Morgan fingerprint density at radius 1 is 1.17 bits per heavy atom. The molecule has 2 atom stereocenters. The van der Waals surface area contributed by atoms with Crippen molar-refractivity contribution in [2.24, 2.45) is 0 Å². The van der Waals surface area contributed by atoms with Gasteiger partial charge in [-0.1, -0.05) is 6.92 Å². The third kappa shape index (κ3) is 2.80. The third-order valence-electron chi connectivity index (χ3n) is 3.12. The Labute approximate surface area is 104 Å². The molecule has 1 rings (SSSR count). The van der Waals surface area contributed by atoms with E-state index in [9.17, 15) is 20.2 Å². The lowest BCUT2D eigenvalue weighted by atomic mass is 9.93. The molecule has 1 aromatic rings. The molecule has 0 fully saturated rings. The molecule has 0 heterocycles. The van der Waals surface area contributed by atoms with Crippen LogP contribution in [0.25, 0.3) is 0 Å². The summed E-state index contributed by atoms with van der Waals surface area (Å²) in [4.78, 5) is 20.4. The fraction of sp³-hybridized carbons (Fsp3) is 0.455. The minimum Gasteiger partial charge on any atom is -0.317 e. The van der Waals surface area contributed by atoms with Gasteiger partial charge in [-0.2, -0.15) is 0 Å². The summed E-state index contributed by atoms with van der Waals surface area (Å²) < 4.78 is 0. The SMILES string of the molecule is CNC(C)C(C)c1ccc([N+](=O)[O-])cc1[N+](=O)[O-]. The summed E-state index contributed by atoms with van der Waals surface area (Å²) in [7, 11) is 1.76. The Bertz CT molecular complexity index is 475. The topological polar surface area (TPSA) is 98.3 Å². The zero-order valence-electron chi connectivity index (χ0n) is 10.4. The second kappa shape index (κ2) is 5.54. The van der Waals surface area contributed by atoms with Gasteiger partial charge in [0.1, 0.15) is 0 Å². The van der Waals surface area contributed by atoms with Gasteiger partial charge in [-0.05, 0) is 20.0 Å². The van der Waals surface area contributed by atoms with E-state index in [4.69, 9.17) is 0 Å². The molecule has 18 heavy (non-hydrogen) atoms. The Morgan fingerprint density at radius 2 is 1.78 bits per heavy atom. The smallest absolute Gasteiger partial charge is 0.279 e. The number of nitro benzene ring substituents is 2. The number of nitrogens with zero attached hydrogens (tertiary/aromatic N) is 2. The summed E-state index contributed by atoms with van der Waals surface area (Å²) in [6.07, 6.45) is 0. The average Bonchev–Trinajstić information content (AvgIpc) is 2.35. The van der Waals surface area contributed by atoms with Crippen molar-refractivity contribution in [1.29, 1.82) is 0 Å². The van der Waals surface area contributed by atoms with E-state index in [0.717, 1.165) is 6.07 Å². The molecule has 98 valence electrons. The molecule has 1 N–H and O–H groups in total. The molecule has 0 aromatic heterocycles. The van der Waals surface area contributed by atoms with Crippen molar-refractivity contribution >= 4 is 11.4 Å². The number of non-ortho nitro benzene ring substituents is 1. The fourth-order valence-corrected chi connectivity index (χ4v) is 1.71. The van der Waals surface area contributed by atoms with Gasteiger partial charge in [-0.3, -0.25) is 20.2 Å². The van der Waals surface area contributed by atoms with Gasteiger partial charge in [0, 0.05) is 23.6 Å². The highest BCUT2D eigenvalue weighted by Gasteiger charge is 2.25. The first-order chi connectivity index (χ1) is 8.38. The molecule has 0 saturated heterocycles. The van der Waals surface area contributed by atoms with Crippen LogP contribution >= 0.6 is 0 Å². The molecule has 0 saturated carbocycles. The normalized spacial score (nSPS) is 13.9. The van der Waals surface area contributed by atoms with Crippen LogP contribution in [0.2, 0.25) is 0 Å². The third-order valence-corrected chi connectivity index (χ3v) is 3.12. The van der Waals surface area contributed by atoms with Crippen LogP contribution in [0.1, 0.15) is 25.3 Å². The first-order valence-corrected chi connectivity index (χ1v) is 5.48. The number of rotatable bonds is 5. The average molecular weight is 253 g/mol. The van der Waals surface area contributed by atoms with Crippen molar-refractivity contribution < 1.29 is 9.85 Å². The molecule has 0 aliphatic rings. The van der Waals surface area contributed by atoms with Crippen LogP contribution in [0.5, 0.6) is 0 Å². The molecule has 0 radical (unpaired) electrons. The summed E-state index contributed by atoms with van der Waals surface area (Å²) >= 11 is 0. The van der Waals surface area contributed by atoms with Crippen LogP contribution in [-0.2, 0) is 0 Å². The maximum Gasteiger partial charge on any atom is 0.279 e. The standard InChI is InChI=1S/C11H15N3O4/c1-7(8(2)12-3)10-5-4-9(13(15)16)6-11(10)14(17)18/h4-8,12H,1-3H3.